The lowest BCUT2D eigenvalue weighted by Gasteiger charge is -2.15. The average molecular weight is 211 g/mol. The number of hydrogen-bond acceptors (Lipinski definition) is 1. The van der Waals surface area contributed by atoms with E-state index >= 15 is 0 Å². The maximum atomic E-state index is 13.1. The molecule has 2 rings (SSSR count). The van der Waals surface area contributed by atoms with Crippen LogP contribution in [0.4, 0.5) is 8.78 Å². The molecule has 15 heavy (non-hydrogen) atoms. The zero-order valence-electron chi connectivity index (χ0n) is 8.55. The fourth-order valence-corrected chi connectivity index (χ4v) is 2.10. The monoisotopic (exact) mass is 211 g/mol. The van der Waals surface area contributed by atoms with E-state index < -0.39 is 11.6 Å². The molecule has 1 nitrogen and oxygen atoms in total. The van der Waals surface area contributed by atoms with Crippen LogP contribution in [-0.2, 0) is 0 Å². The molecule has 0 bridgehead atoms. The van der Waals surface area contributed by atoms with Crippen LogP contribution in [0.15, 0.2) is 18.2 Å². The molecule has 1 fully saturated rings. The topological polar surface area (TPSA) is 26.0 Å². The minimum atomic E-state index is -0.777. The van der Waals surface area contributed by atoms with E-state index in [0.717, 1.165) is 12.0 Å². The highest BCUT2D eigenvalue weighted by Gasteiger charge is 2.31. The van der Waals surface area contributed by atoms with Gasteiger partial charge in [-0.2, -0.15) is 0 Å². The van der Waals surface area contributed by atoms with Crippen LogP contribution >= 0.6 is 0 Å². The van der Waals surface area contributed by atoms with Gasteiger partial charge in [-0.3, -0.25) is 0 Å². The lowest BCUT2D eigenvalue weighted by molar-refractivity contribution is 0.499. The Morgan fingerprint density at radius 2 is 2.00 bits per heavy atom. The van der Waals surface area contributed by atoms with Gasteiger partial charge in [-0.1, -0.05) is 6.07 Å². The zero-order valence-corrected chi connectivity index (χ0v) is 8.55. The Bertz CT molecular complexity index is 347. The molecule has 1 aromatic rings. The lowest BCUT2D eigenvalue weighted by Crippen LogP contribution is -2.09. The third-order valence-corrected chi connectivity index (χ3v) is 3.04. The molecule has 0 saturated heterocycles. The third-order valence-electron chi connectivity index (χ3n) is 3.04. The fourth-order valence-electron chi connectivity index (χ4n) is 2.10. The maximum Gasteiger partial charge on any atom is 0.159 e. The van der Waals surface area contributed by atoms with Crippen LogP contribution in [0, 0.1) is 17.6 Å². The SMILES string of the molecule is NCCC(c1ccc(F)c(F)c1)C1CC1. The number of halogens is 2. The Morgan fingerprint density at radius 3 is 2.53 bits per heavy atom. The van der Waals surface area contributed by atoms with Crippen molar-refractivity contribution in [2.75, 3.05) is 6.54 Å². The predicted molar refractivity (Wildman–Crippen MR) is 55.5 cm³/mol. The molecule has 0 amide bonds. The highest BCUT2D eigenvalue weighted by atomic mass is 19.2. The van der Waals surface area contributed by atoms with Crippen molar-refractivity contribution in [3.05, 3.63) is 35.4 Å². The van der Waals surface area contributed by atoms with E-state index in [4.69, 9.17) is 5.73 Å². The van der Waals surface area contributed by atoms with Gasteiger partial charge in [-0.05, 0) is 55.3 Å². The van der Waals surface area contributed by atoms with Gasteiger partial charge in [0.1, 0.15) is 0 Å². The second kappa shape index (κ2) is 4.27. The first-order valence-electron chi connectivity index (χ1n) is 5.37. The van der Waals surface area contributed by atoms with E-state index in [1.54, 1.807) is 6.07 Å². The van der Waals surface area contributed by atoms with Gasteiger partial charge in [0.25, 0.3) is 0 Å². The van der Waals surface area contributed by atoms with E-state index in [9.17, 15) is 8.78 Å². The summed E-state index contributed by atoms with van der Waals surface area (Å²) in [6, 6.07) is 4.20. The molecule has 1 aromatic carbocycles. The number of nitrogens with two attached hydrogens (primary N) is 1. The van der Waals surface area contributed by atoms with Crippen molar-refractivity contribution in [3.8, 4) is 0 Å². The highest BCUT2D eigenvalue weighted by Crippen LogP contribution is 2.44. The van der Waals surface area contributed by atoms with Gasteiger partial charge in [-0.15, -0.1) is 0 Å². The maximum absolute atomic E-state index is 13.1. The number of benzene rings is 1. The van der Waals surface area contributed by atoms with Gasteiger partial charge in [0, 0.05) is 0 Å². The summed E-state index contributed by atoms with van der Waals surface area (Å²) in [7, 11) is 0. The molecule has 3 heteroatoms. The molecule has 0 aliphatic heterocycles. The first kappa shape index (κ1) is 10.6. The molecule has 82 valence electrons. The quantitative estimate of drug-likeness (QED) is 0.814. The molecule has 1 aliphatic rings. The number of rotatable bonds is 4. The Balaban J connectivity index is 2.21. The molecule has 0 heterocycles. The predicted octanol–water partition coefficient (Wildman–Crippen LogP) is 2.81. The number of hydrogen-bond donors (Lipinski definition) is 1. The van der Waals surface area contributed by atoms with Gasteiger partial charge in [-0.25, -0.2) is 8.78 Å². The van der Waals surface area contributed by atoms with E-state index in [1.807, 2.05) is 0 Å². The molecule has 1 unspecified atom stereocenters. The van der Waals surface area contributed by atoms with Gasteiger partial charge in [0.2, 0.25) is 0 Å². The lowest BCUT2D eigenvalue weighted by atomic mass is 9.91. The Hall–Kier alpha value is -0.960. The van der Waals surface area contributed by atoms with Crippen molar-refractivity contribution < 1.29 is 8.78 Å². The average Bonchev–Trinajstić information content (AvgIpc) is 3.02. The second-order valence-electron chi connectivity index (χ2n) is 4.19. The summed E-state index contributed by atoms with van der Waals surface area (Å²) in [5.74, 6) is -0.597. The summed E-state index contributed by atoms with van der Waals surface area (Å²) in [6.45, 7) is 0.597. The summed E-state index contributed by atoms with van der Waals surface area (Å²) in [4.78, 5) is 0. The highest BCUT2D eigenvalue weighted by molar-refractivity contribution is 5.23. The zero-order chi connectivity index (χ0) is 10.8. The van der Waals surface area contributed by atoms with E-state index in [0.29, 0.717) is 18.4 Å². The summed E-state index contributed by atoms with van der Waals surface area (Å²) in [6.07, 6.45) is 3.23. The van der Waals surface area contributed by atoms with Gasteiger partial charge < -0.3 is 5.73 Å². The van der Waals surface area contributed by atoms with Gasteiger partial charge in [0.15, 0.2) is 11.6 Å². The van der Waals surface area contributed by atoms with Crippen molar-refractivity contribution in [2.45, 2.75) is 25.2 Å². The van der Waals surface area contributed by atoms with Gasteiger partial charge >= 0.3 is 0 Å². The van der Waals surface area contributed by atoms with Crippen LogP contribution in [0.25, 0.3) is 0 Å². The normalized spacial score (nSPS) is 17.8. The molecule has 0 radical (unpaired) electrons. The van der Waals surface area contributed by atoms with Crippen LogP contribution in [0.1, 0.15) is 30.7 Å². The van der Waals surface area contributed by atoms with E-state index in [1.165, 1.54) is 25.0 Å². The molecule has 1 saturated carbocycles. The van der Waals surface area contributed by atoms with Crippen molar-refractivity contribution in [2.24, 2.45) is 11.7 Å². The standard InChI is InChI=1S/C12H15F2N/c13-11-4-3-9(7-12(11)14)10(5-6-15)8-1-2-8/h3-4,7-8,10H,1-2,5-6,15H2. The molecule has 1 atom stereocenters. The Morgan fingerprint density at radius 1 is 1.27 bits per heavy atom. The van der Waals surface area contributed by atoms with Crippen LogP contribution in [0.5, 0.6) is 0 Å². The van der Waals surface area contributed by atoms with Crippen molar-refractivity contribution in [1.82, 2.24) is 0 Å². The van der Waals surface area contributed by atoms with Crippen LogP contribution in [0.2, 0.25) is 0 Å². The smallest absolute Gasteiger partial charge is 0.159 e. The fraction of sp³-hybridized carbons (Fsp3) is 0.500. The molecular formula is C12H15F2N. The van der Waals surface area contributed by atoms with Crippen molar-refractivity contribution in [1.29, 1.82) is 0 Å². The summed E-state index contributed by atoms with van der Waals surface area (Å²) >= 11 is 0. The minimum Gasteiger partial charge on any atom is -0.330 e. The van der Waals surface area contributed by atoms with Crippen LogP contribution in [-0.4, -0.2) is 6.54 Å². The van der Waals surface area contributed by atoms with Gasteiger partial charge in [0.05, 0.1) is 0 Å². The first-order chi connectivity index (χ1) is 7.22. The first-order valence-corrected chi connectivity index (χ1v) is 5.37. The third kappa shape index (κ3) is 2.34. The summed E-state index contributed by atoms with van der Waals surface area (Å²) in [5.41, 5.74) is 6.42. The Labute approximate surface area is 88.3 Å². The van der Waals surface area contributed by atoms with Crippen LogP contribution < -0.4 is 5.73 Å². The largest absolute Gasteiger partial charge is 0.330 e. The summed E-state index contributed by atoms with van der Waals surface area (Å²) < 4.78 is 25.8. The van der Waals surface area contributed by atoms with E-state index in [-0.39, 0.29) is 0 Å². The molecular weight excluding hydrogens is 196 g/mol. The van der Waals surface area contributed by atoms with Crippen LogP contribution in [0.3, 0.4) is 0 Å². The molecule has 0 aromatic heterocycles. The van der Waals surface area contributed by atoms with E-state index in [2.05, 4.69) is 0 Å². The minimum absolute atomic E-state index is 0.310. The summed E-state index contributed by atoms with van der Waals surface area (Å²) in [5, 5.41) is 0. The van der Waals surface area contributed by atoms with Crippen molar-refractivity contribution in [3.63, 3.8) is 0 Å². The molecule has 1 aliphatic carbocycles. The molecule has 2 N–H and O–H groups in total. The van der Waals surface area contributed by atoms with Crippen molar-refractivity contribution >= 4 is 0 Å². The Kier molecular flexibility index (Phi) is 3.00. The second-order valence-corrected chi connectivity index (χ2v) is 4.19. The molecule has 0 spiro atoms.